The summed E-state index contributed by atoms with van der Waals surface area (Å²) in [6.07, 6.45) is 7.03. The van der Waals surface area contributed by atoms with Crippen molar-refractivity contribution in [1.29, 1.82) is 0 Å². The molecule has 1 fully saturated rings. The van der Waals surface area contributed by atoms with Crippen molar-refractivity contribution >= 4 is 6.09 Å². The third-order valence-electron chi connectivity index (χ3n) is 3.24. The fraction of sp³-hybridized carbons (Fsp3) is 0.714. The molecular formula is C14H22N2O3. The van der Waals surface area contributed by atoms with Crippen molar-refractivity contribution in [3.05, 3.63) is 18.4 Å². The van der Waals surface area contributed by atoms with Gasteiger partial charge in [0.1, 0.15) is 11.9 Å². The van der Waals surface area contributed by atoms with E-state index in [1.54, 1.807) is 12.5 Å². The normalized spacial score (nSPS) is 23.9. The molecule has 1 aromatic heterocycles. The van der Waals surface area contributed by atoms with E-state index in [2.05, 4.69) is 10.3 Å². The van der Waals surface area contributed by atoms with Gasteiger partial charge in [-0.3, -0.25) is 0 Å². The summed E-state index contributed by atoms with van der Waals surface area (Å²) in [7, 11) is 0. The van der Waals surface area contributed by atoms with E-state index in [9.17, 15) is 4.79 Å². The molecule has 1 aliphatic carbocycles. The fourth-order valence-electron chi connectivity index (χ4n) is 2.48. The molecule has 0 aromatic carbocycles. The highest BCUT2D eigenvalue weighted by Crippen LogP contribution is 2.32. The zero-order chi connectivity index (χ0) is 13.9. The zero-order valence-electron chi connectivity index (χ0n) is 11.8. The summed E-state index contributed by atoms with van der Waals surface area (Å²) in [5.74, 6) is 0.858. The third kappa shape index (κ3) is 3.98. The number of hydrogen-bond donors (Lipinski definition) is 1. The number of carbonyl (C=O) groups excluding carboxylic acids is 1. The number of ether oxygens (including phenoxy) is 1. The van der Waals surface area contributed by atoms with Crippen LogP contribution in [0.1, 0.15) is 58.3 Å². The van der Waals surface area contributed by atoms with Gasteiger partial charge in [-0.25, -0.2) is 9.78 Å². The van der Waals surface area contributed by atoms with E-state index >= 15 is 0 Å². The van der Waals surface area contributed by atoms with Crippen LogP contribution in [0.25, 0.3) is 0 Å². The SMILES string of the molecule is CC(C)(C)OC(=O)NC1CCCCC1c1ncco1. The molecular weight excluding hydrogens is 244 g/mol. The van der Waals surface area contributed by atoms with Crippen LogP contribution in [0, 0.1) is 0 Å². The zero-order valence-corrected chi connectivity index (χ0v) is 11.8. The minimum atomic E-state index is -0.475. The maximum Gasteiger partial charge on any atom is 0.407 e. The maximum atomic E-state index is 11.9. The van der Waals surface area contributed by atoms with Gasteiger partial charge in [0, 0.05) is 6.04 Å². The first-order valence-electron chi connectivity index (χ1n) is 6.84. The van der Waals surface area contributed by atoms with E-state index in [4.69, 9.17) is 9.15 Å². The molecule has 0 spiro atoms. The number of aromatic nitrogens is 1. The molecule has 1 aliphatic rings. The Kier molecular flexibility index (Phi) is 4.12. The maximum absolute atomic E-state index is 11.9. The lowest BCUT2D eigenvalue weighted by molar-refractivity contribution is 0.0481. The monoisotopic (exact) mass is 266 g/mol. The van der Waals surface area contributed by atoms with Crippen molar-refractivity contribution < 1.29 is 13.9 Å². The standard InChI is InChI=1S/C14H22N2O3/c1-14(2,3)19-13(17)16-11-7-5-4-6-10(11)12-15-8-9-18-12/h8-11H,4-7H2,1-3H3,(H,16,17). The van der Waals surface area contributed by atoms with Gasteiger partial charge >= 0.3 is 6.09 Å². The van der Waals surface area contributed by atoms with E-state index in [0.717, 1.165) is 25.7 Å². The number of oxazole rings is 1. The molecule has 5 heteroatoms. The predicted octanol–water partition coefficient (Wildman–Crippen LogP) is 3.23. The smallest absolute Gasteiger partial charge is 0.407 e. The lowest BCUT2D eigenvalue weighted by Gasteiger charge is -2.31. The molecule has 2 unspecified atom stereocenters. The molecule has 0 saturated heterocycles. The van der Waals surface area contributed by atoms with Gasteiger partial charge in [0.25, 0.3) is 0 Å². The summed E-state index contributed by atoms with van der Waals surface area (Å²) in [4.78, 5) is 16.1. The van der Waals surface area contributed by atoms with Gasteiger partial charge in [0.15, 0.2) is 5.89 Å². The molecule has 1 saturated carbocycles. The number of nitrogens with one attached hydrogen (secondary N) is 1. The molecule has 1 heterocycles. The van der Waals surface area contributed by atoms with E-state index < -0.39 is 5.60 Å². The van der Waals surface area contributed by atoms with Crippen LogP contribution in [0.5, 0.6) is 0 Å². The number of hydrogen-bond acceptors (Lipinski definition) is 4. The molecule has 1 amide bonds. The van der Waals surface area contributed by atoms with Crippen molar-refractivity contribution in [1.82, 2.24) is 10.3 Å². The largest absolute Gasteiger partial charge is 0.449 e. The molecule has 2 atom stereocenters. The molecule has 5 nitrogen and oxygen atoms in total. The number of rotatable bonds is 2. The highest BCUT2D eigenvalue weighted by molar-refractivity contribution is 5.68. The molecule has 0 aliphatic heterocycles. The van der Waals surface area contributed by atoms with Crippen molar-refractivity contribution in [2.24, 2.45) is 0 Å². The molecule has 0 radical (unpaired) electrons. The highest BCUT2D eigenvalue weighted by Gasteiger charge is 2.31. The summed E-state index contributed by atoms with van der Waals surface area (Å²) < 4.78 is 10.7. The Hall–Kier alpha value is -1.52. The first-order chi connectivity index (χ1) is 8.96. The van der Waals surface area contributed by atoms with Gasteiger partial charge in [0.05, 0.1) is 12.1 Å². The lowest BCUT2D eigenvalue weighted by atomic mass is 9.84. The van der Waals surface area contributed by atoms with Gasteiger partial charge < -0.3 is 14.5 Å². The predicted molar refractivity (Wildman–Crippen MR) is 70.9 cm³/mol. The summed E-state index contributed by atoms with van der Waals surface area (Å²) in [5, 5.41) is 2.95. The number of amides is 1. The second-order valence-electron chi connectivity index (χ2n) is 6.01. The van der Waals surface area contributed by atoms with Crippen LogP contribution < -0.4 is 5.32 Å². The van der Waals surface area contributed by atoms with Gasteiger partial charge in [-0.2, -0.15) is 0 Å². The lowest BCUT2D eigenvalue weighted by Crippen LogP contribution is -2.43. The van der Waals surface area contributed by atoms with Crippen LogP contribution in [0.4, 0.5) is 4.79 Å². The molecule has 106 valence electrons. The highest BCUT2D eigenvalue weighted by atomic mass is 16.6. The summed E-state index contributed by atoms with van der Waals surface area (Å²) >= 11 is 0. The van der Waals surface area contributed by atoms with Crippen LogP contribution >= 0.6 is 0 Å². The van der Waals surface area contributed by atoms with Crippen LogP contribution in [-0.2, 0) is 4.74 Å². The average Bonchev–Trinajstić information content (AvgIpc) is 2.80. The molecule has 19 heavy (non-hydrogen) atoms. The molecule has 2 rings (SSSR count). The van der Waals surface area contributed by atoms with E-state index in [0.29, 0.717) is 5.89 Å². The Morgan fingerprint density at radius 3 is 2.79 bits per heavy atom. The van der Waals surface area contributed by atoms with Gasteiger partial charge in [-0.05, 0) is 33.6 Å². The van der Waals surface area contributed by atoms with Gasteiger partial charge in [-0.15, -0.1) is 0 Å². The first-order valence-corrected chi connectivity index (χ1v) is 6.84. The summed E-state index contributed by atoms with van der Waals surface area (Å²) in [6.45, 7) is 5.58. The summed E-state index contributed by atoms with van der Waals surface area (Å²) in [6, 6.07) is 0.0437. The van der Waals surface area contributed by atoms with Crippen LogP contribution in [0.15, 0.2) is 16.9 Å². The first kappa shape index (κ1) is 13.9. The number of alkyl carbamates (subject to hydrolysis) is 1. The van der Waals surface area contributed by atoms with E-state index in [1.165, 1.54) is 0 Å². The van der Waals surface area contributed by atoms with Crippen molar-refractivity contribution in [2.45, 2.75) is 64.0 Å². The Morgan fingerprint density at radius 1 is 1.42 bits per heavy atom. The van der Waals surface area contributed by atoms with Crippen molar-refractivity contribution in [3.63, 3.8) is 0 Å². The summed E-state index contributed by atoms with van der Waals surface area (Å²) in [5.41, 5.74) is -0.475. The second-order valence-corrected chi connectivity index (χ2v) is 6.01. The Labute approximate surface area is 113 Å². The van der Waals surface area contributed by atoms with E-state index in [-0.39, 0.29) is 18.1 Å². The average molecular weight is 266 g/mol. The number of nitrogens with zero attached hydrogens (tertiary/aromatic N) is 1. The molecule has 0 bridgehead atoms. The Bertz CT molecular complexity index is 409. The minimum Gasteiger partial charge on any atom is -0.449 e. The topological polar surface area (TPSA) is 64.4 Å². The Balaban J connectivity index is 1.98. The van der Waals surface area contributed by atoms with Crippen LogP contribution in [-0.4, -0.2) is 22.7 Å². The van der Waals surface area contributed by atoms with E-state index in [1.807, 2.05) is 20.8 Å². The molecule has 1 aromatic rings. The quantitative estimate of drug-likeness (QED) is 0.892. The fourth-order valence-corrected chi connectivity index (χ4v) is 2.48. The number of carbonyl (C=O) groups is 1. The van der Waals surface area contributed by atoms with Crippen molar-refractivity contribution in [2.75, 3.05) is 0 Å². The van der Waals surface area contributed by atoms with Crippen LogP contribution in [0.3, 0.4) is 0 Å². The third-order valence-corrected chi connectivity index (χ3v) is 3.24. The van der Waals surface area contributed by atoms with Gasteiger partial charge in [0.2, 0.25) is 0 Å². The van der Waals surface area contributed by atoms with Gasteiger partial charge in [-0.1, -0.05) is 12.8 Å². The van der Waals surface area contributed by atoms with Crippen LogP contribution in [0.2, 0.25) is 0 Å². The Morgan fingerprint density at radius 2 is 2.16 bits per heavy atom. The van der Waals surface area contributed by atoms with Crippen molar-refractivity contribution in [3.8, 4) is 0 Å². The molecule has 1 N–H and O–H groups in total. The minimum absolute atomic E-state index is 0.0437. The second kappa shape index (κ2) is 5.63.